The van der Waals surface area contributed by atoms with Crippen molar-refractivity contribution in [2.45, 2.75) is 13.0 Å². The lowest BCUT2D eigenvalue weighted by molar-refractivity contribution is 0.0361. The average molecular weight is 322 g/mol. The first kappa shape index (κ1) is 16.4. The van der Waals surface area contributed by atoms with Crippen molar-refractivity contribution in [1.82, 2.24) is 9.80 Å². The first-order chi connectivity index (χ1) is 11.3. The zero-order chi connectivity index (χ0) is 16.1. The Morgan fingerprint density at radius 3 is 2.74 bits per heavy atom. The molecule has 3 rings (SSSR count). The van der Waals surface area contributed by atoms with Crippen LogP contribution in [-0.4, -0.2) is 80.1 Å². The van der Waals surface area contributed by atoms with Crippen LogP contribution in [0.1, 0.15) is 6.92 Å². The van der Waals surface area contributed by atoms with E-state index in [1.54, 1.807) is 0 Å². The molecule has 0 spiro atoms. The molecule has 0 amide bonds. The van der Waals surface area contributed by atoms with Gasteiger partial charge in [-0.3, -0.25) is 9.80 Å². The number of benzene rings is 1. The van der Waals surface area contributed by atoms with Crippen LogP contribution in [0.2, 0.25) is 0 Å². The molecule has 6 heteroatoms. The Kier molecular flexibility index (Phi) is 5.59. The van der Waals surface area contributed by atoms with Gasteiger partial charge in [0, 0.05) is 39.3 Å². The number of aliphatic hydroxyl groups excluding tert-OH is 1. The molecule has 1 N–H and O–H groups in total. The first-order valence-electron chi connectivity index (χ1n) is 8.41. The number of piperazine rings is 1. The van der Waals surface area contributed by atoms with E-state index in [9.17, 15) is 0 Å². The van der Waals surface area contributed by atoms with Gasteiger partial charge in [-0.15, -0.1) is 0 Å². The number of hydrogen-bond acceptors (Lipinski definition) is 6. The summed E-state index contributed by atoms with van der Waals surface area (Å²) in [5.74, 6) is 2.24. The van der Waals surface area contributed by atoms with Gasteiger partial charge < -0.3 is 19.3 Å². The van der Waals surface area contributed by atoms with Gasteiger partial charge in [-0.25, -0.2) is 0 Å². The Morgan fingerprint density at radius 2 is 2.00 bits per heavy atom. The second-order valence-electron chi connectivity index (χ2n) is 5.93. The Bertz CT molecular complexity index is 503. The van der Waals surface area contributed by atoms with Gasteiger partial charge in [-0.05, 0) is 19.1 Å². The third-order valence-electron chi connectivity index (χ3n) is 4.29. The molecule has 1 aromatic rings. The minimum Gasteiger partial charge on any atom is -0.490 e. The molecular formula is C17H26N2O4. The van der Waals surface area contributed by atoms with Gasteiger partial charge >= 0.3 is 0 Å². The molecule has 2 aliphatic heterocycles. The fourth-order valence-corrected chi connectivity index (χ4v) is 3.10. The van der Waals surface area contributed by atoms with E-state index in [0.29, 0.717) is 13.2 Å². The number of ether oxygens (including phenoxy) is 3. The van der Waals surface area contributed by atoms with Gasteiger partial charge in [0.1, 0.15) is 12.7 Å². The molecule has 0 aliphatic carbocycles. The van der Waals surface area contributed by atoms with Crippen LogP contribution in [-0.2, 0) is 0 Å². The molecule has 1 saturated heterocycles. The fourth-order valence-electron chi connectivity index (χ4n) is 3.10. The maximum absolute atomic E-state index is 9.00. The molecule has 0 saturated carbocycles. The average Bonchev–Trinajstić information content (AvgIpc) is 2.57. The standard InChI is InChI=1S/C17H26N2O4/c1-2-21-15-4-3-5-16-17(15)22-13-14(23-16)12-19-8-6-18(7-9-19)10-11-20/h3-5,14,20H,2,6-13H2,1H3. The molecule has 23 heavy (non-hydrogen) atoms. The second kappa shape index (κ2) is 7.86. The van der Waals surface area contributed by atoms with Gasteiger partial charge in [-0.2, -0.15) is 0 Å². The topological polar surface area (TPSA) is 54.4 Å². The van der Waals surface area contributed by atoms with Crippen molar-refractivity contribution in [1.29, 1.82) is 0 Å². The Balaban J connectivity index is 1.53. The highest BCUT2D eigenvalue weighted by atomic mass is 16.6. The van der Waals surface area contributed by atoms with Crippen LogP contribution in [0.3, 0.4) is 0 Å². The van der Waals surface area contributed by atoms with Gasteiger partial charge in [0.15, 0.2) is 11.5 Å². The number of aliphatic hydroxyl groups is 1. The number of nitrogens with zero attached hydrogens (tertiary/aromatic N) is 2. The largest absolute Gasteiger partial charge is 0.490 e. The number of para-hydroxylation sites is 1. The van der Waals surface area contributed by atoms with Crippen molar-refractivity contribution < 1.29 is 19.3 Å². The van der Waals surface area contributed by atoms with Gasteiger partial charge in [-0.1, -0.05) is 6.07 Å². The zero-order valence-corrected chi connectivity index (χ0v) is 13.7. The van der Waals surface area contributed by atoms with Crippen LogP contribution in [0.5, 0.6) is 17.2 Å². The lowest BCUT2D eigenvalue weighted by Gasteiger charge is -2.37. The van der Waals surface area contributed by atoms with Crippen molar-refractivity contribution in [3.05, 3.63) is 18.2 Å². The van der Waals surface area contributed by atoms with Crippen LogP contribution < -0.4 is 14.2 Å². The third kappa shape index (κ3) is 4.07. The summed E-state index contributed by atoms with van der Waals surface area (Å²) in [5, 5.41) is 9.00. The minimum absolute atomic E-state index is 0.0452. The lowest BCUT2D eigenvalue weighted by atomic mass is 10.2. The van der Waals surface area contributed by atoms with Crippen LogP contribution in [0.25, 0.3) is 0 Å². The van der Waals surface area contributed by atoms with Crippen molar-refractivity contribution in [2.24, 2.45) is 0 Å². The summed E-state index contributed by atoms with van der Waals surface area (Å²) in [6.07, 6.45) is 0.0452. The van der Waals surface area contributed by atoms with Crippen LogP contribution in [0.4, 0.5) is 0 Å². The molecule has 128 valence electrons. The first-order valence-corrected chi connectivity index (χ1v) is 8.41. The Morgan fingerprint density at radius 1 is 1.22 bits per heavy atom. The fraction of sp³-hybridized carbons (Fsp3) is 0.647. The van der Waals surface area contributed by atoms with Crippen LogP contribution in [0.15, 0.2) is 18.2 Å². The van der Waals surface area contributed by atoms with Crippen LogP contribution >= 0.6 is 0 Å². The third-order valence-corrected chi connectivity index (χ3v) is 4.29. The molecule has 1 aromatic carbocycles. The maximum Gasteiger partial charge on any atom is 0.203 e. The Labute approximate surface area is 137 Å². The number of β-amino-alcohol motifs (C(OH)–C–C–N with tert-alkyl or cyclic N) is 1. The van der Waals surface area contributed by atoms with Gasteiger partial charge in [0.05, 0.1) is 13.2 Å². The van der Waals surface area contributed by atoms with Gasteiger partial charge in [0.25, 0.3) is 0 Å². The van der Waals surface area contributed by atoms with Crippen molar-refractivity contribution in [3.63, 3.8) is 0 Å². The van der Waals surface area contributed by atoms with Crippen molar-refractivity contribution in [2.75, 3.05) is 59.1 Å². The summed E-state index contributed by atoms with van der Waals surface area (Å²) in [4.78, 5) is 4.69. The molecule has 6 nitrogen and oxygen atoms in total. The molecule has 1 fully saturated rings. The summed E-state index contributed by atoms with van der Waals surface area (Å²) in [7, 11) is 0. The van der Waals surface area contributed by atoms with Gasteiger partial charge in [0.2, 0.25) is 5.75 Å². The highest BCUT2D eigenvalue weighted by molar-refractivity contribution is 5.52. The van der Waals surface area contributed by atoms with Crippen LogP contribution in [0, 0.1) is 0 Å². The molecule has 0 aromatic heterocycles. The molecule has 2 aliphatic rings. The van der Waals surface area contributed by atoms with E-state index in [2.05, 4.69) is 9.80 Å². The number of fused-ring (bicyclic) bond motifs is 1. The minimum atomic E-state index is 0.0452. The van der Waals surface area contributed by atoms with E-state index < -0.39 is 0 Å². The smallest absolute Gasteiger partial charge is 0.203 e. The summed E-state index contributed by atoms with van der Waals surface area (Å²) < 4.78 is 17.6. The summed E-state index contributed by atoms with van der Waals surface area (Å²) >= 11 is 0. The highest BCUT2D eigenvalue weighted by Crippen LogP contribution is 2.40. The number of rotatable bonds is 6. The summed E-state index contributed by atoms with van der Waals surface area (Å²) in [5.41, 5.74) is 0. The predicted molar refractivity (Wildman–Crippen MR) is 87.5 cm³/mol. The van der Waals surface area contributed by atoms with Crippen molar-refractivity contribution >= 4 is 0 Å². The molecule has 1 atom stereocenters. The second-order valence-corrected chi connectivity index (χ2v) is 5.93. The highest BCUT2D eigenvalue weighted by Gasteiger charge is 2.27. The maximum atomic E-state index is 9.00. The van der Waals surface area contributed by atoms with E-state index in [4.69, 9.17) is 19.3 Å². The van der Waals surface area contributed by atoms with E-state index >= 15 is 0 Å². The van der Waals surface area contributed by atoms with E-state index in [1.807, 2.05) is 25.1 Å². The quantitative estimate of drug-likeness (QED) is 0.837. The van der Waals surface area contributed by atoms with E-state index in [1.165, 1.54) is 0 Å². The molecule has 2 heterocycles. The predicted octanol–water partition coefficient (Wildman–Crippen LogP) is 0.835. The van der Waals surface area contributed by atoms with Crippen molar-refractivity contribution in [3.8, 4) is 17.2 Å². The molecule has 0 radical (unpaired) electrons. The van der Waals surface area contributed by atoms with E-state index in [0.717, 1.165) is 56.5 Å². The number of hydrogen-bond donors (Lipinski definition) is 1. The summed E-state index contributed by atoms with van der Waals surface area (Å²) in [6.45, 7) is 9.00. The lowest BCUT2D eigenvalue weighted by Crippen LogP contribution is -2.51. The monoisotopic (exact) mass is 322 g/mol. The Hall–Kier alpha value is -1.50. The normalized spacial score (nSPS) is 22.1. The SMILES string of the molecule is CCOc1cccc2c1OCC(CN1CCN(CCO)CC1)O2. The molecular weight excluding hydrogens is 296 g/mol. The van der Waals surface area contributed by atoms with E-state index in [-0.39, 0.29) is 12.7 Å². The summed E-state index contributed by atoms with van der Waals surface area (Å²) in [6, 6.07) is 5.78. The molecule has 0 bridgehead atoms. The zero-order valence-electron chi connectivity index (χ0n) is 13.7. The molecule has 1 unspecified atom stereocenters.